The summed E-state index contributed by atoms with van der Waals surface area (Å²) in [4.78, 5) is 11.7. The molecule has 2 rings (SSSR count). The van der Waals surface area contributed by atoms with Gasteiger partial charge in [-0.1, -0.05) is 6.92 Å². The minimum atomic E-state index is -0.935. The molecule has 2 heterocycles. The average molecular weight is 239 g/mol. The number of aliphatic hydroxyl groups is 1. The first-order valence-electron chi connectivity index (χ1n) is 5.80. The molecule has 17 heavy (non-hydrogen) atoms. The van der Waals surface area contributed by atoms with E-state index in [9.17, 15) is 9.90 Å². The van der Waals surface area contributed by atoms with E-state index in [-0.39, 0.29) is 24.8 Å². The summed E-state index contributed by atoms with van der Waals surface area (Å²) in [6.45, 7) is 2.95. The summed E-state index contributed by atoms with van der Waals surface area (Å²) >= 11 is 0. The molecule has 1 aliphatic rings. The summed E-state index contributed by atoms with van der Waals surface area (Å²) in [6.07, 6.45) is 1.30. The van der Waals surface area contributed by atoms with Crippen LogP contribution in [0.2, 0.25) is 0 Å². The third-order valence-corrected chi connectivity index (χ3v) is 2.89. The largest absolute Gasteiger partial charge is 0.456 e. The number of rotatable bonds is 4. The number of nitrogens with one attached hydrogen (secondary N) is 1. The molecule has 0 aliphatic carbocycles. The fraction of sp³-hybridized carbons (Fsp3) is 0.583. The molecule has 1 aromatic heterocycles. The normalized spacial score (nSPS) is 23.9. The molecule has 1 aliphatic heterocycles. The van der Waals surface area contributed by atoms with Crippen LogP contribution in [0.5, 0.6) is 0 Å². The van der Waals surface area contributed by atoms with Crippen LogP contribution < -0.4 is 5.32 Å². The molecule has 1 atom stereocenters. The Morgan fingerprint density at radius 2 is 2.41 bits per heavy atom. The van der Waals surface area contributed by atoms with E-state index in [0.717, 1.165) is 12.2 Å². The van der Waals surface area contributed by atoms with Gasteiger partial charge in [-0.25, -0.2) is 0 Å². The summed E-state index contributed by atoms with van der Waals surface area (Å²) in [6, 6.07) is 3.42. The minimum Gasteiger partial charge on any atom is -0.456 e. The fourth-order valence-electron chi connectivity index (χ4n) is 1.76. The van der Waals surface area contributed by atoms with Crippen molar-refractivity contribution in [3.63, 3.8) is 0 Å². The molecular weight excluding hydrogens is 222 g/mol. The quantitative estimate of drug-likeness (QED) is 0.812. The van der Waals surface area contributed by atoms with Gasteiger partial charge in [0.1, 0.15) is 11.4 Å². The van der Waals surface area contributed by atoms with E-state index in [1.807, 2.05) is 6.92 Å². The Balaban J connectivity index is 1.88. The van der Waals surface area contributed by atoms with Crippen LogP contribution in [0.15, 0.2) is 16.5 Å². The third-order valence-electron chi connectivity index (χ3n) is 2.89. The second-order valence-electron chi connectivity index (χ2n) is 4.33. The van der Waals surface area contributed by atoms with Crippen LogP contribution in [0.1, 0.15) is 29.7 Å². The van der Waals surface area contributed by atoms with Crippen LogP contribution >= 0.6 is 0 Å². The Bertz CT molecular complexity index is 393. The molecule has 1 amide bonds. The van der Waals surface area contributed by atoms with Crippen molar-refractivity contribution in [3.05, 3.63) is 23.7 Å². The van der Waals surface area contributed by atoms with Crippen molar-refractivity contribution in [2.75, 3.05) is 19.8 Å². The number of carbonyl (C=O) groups is 1. The first kappa shape index (κ1) is 12.1. The molecule has 1 fully saturated rings. The molecule has 0 bridgehead atoms. The van der Waals surface area contributed by atoms with Crippen molar-refractivity contribution in [3.8, 4) is 0 Å². The molecule has 94 valence electrons. The zero-order valence-electron chi connectivity index (χ0n) is 9.86. The van der Waals surface area contributed by atoms with Crippen molar-refractivity contribution >= 4 is 5.91 Å². The Morgan fingerprint density at radius 1 is 1.59 bits per heavy atom. The highest BCUT2D eigenvalue weighted by atomic mass is 16.5. The Hall–Kier alpha value is -1.33. The van der Waals surface area contributed by atoms with Gasteiger partial charge in [-0.3, -0.25) is 4.79 Å². The van der Waals surface area contributed by atoms with Gasteiger partial charge < -0.3 is 19.6 Å². The number of hydrogen-bond acceptors (Lipinski definition) is 4. The third kappa shape index (κ3) is 2.87. The van der Waals surface area contributed by atoms with E-state index in [1.54, 1.807) is 12.1 Å². The minimum absolute atomic E-state index is 0.188. The molecule has 2 N–H and O–H groups in total. The Kier molecular flexibility index (Phi) is 3.49. The number of carbonyl (C=O) groups excluding carboxylic acids is 1. The number of amides is 1. The van der Waals surface area contributed by atoms with Gasteiger partial charge in [-0.2, -0.15) is 0 Å². The highest BCUT2D eigenvalue weighted by molar-refractivity contribution is 5.91. The van der Waals surface area contributed by atoms with E-state index in [0.29, 0.717) is 13.0 Å². The van der Waals surface area contributed by atoms with Crippen molar-refractivity contribution < 1.29 is 19.1 Å². The van der Waals surface area contributed by atoms with Crippen molar-refractivity contribution in [1.29, 1.82) is 0 Å². The van der Waals surface area contributed by atoms with Gasteiger partial charge >= 0.3 is 0 Å². The summed E-state index contributed by atoms with van der Waals surface area (Å²) in [5, 5.41) is 12.6. The maximum atomic E-state index is 11.7. The second kappa shape index (κ2) is 4.89. The molecule has 1 saturated heterocycles. The lowest BCUT2D eigenvalue weighted by molar-refractivity contribution is 0.0261. The van der Waals surface area contributed by atoms with Gasteiger partial charge in [-0.15, -0.1) is 0 Å². The predicted molar refractivity (Wildman–Crippen MR) is 60.8 cm³/mol. The van der Waals surface area contributed by atoms with Gasteiger partial charge in [0, 0.05) is 26.0 Å². The lowest BCUT2D eigenvalue weighted by Crippen LogP contribution is -2.43. The van der Waals surface area contributed by atoms with Crippen LogP contribution in [0.3, 0.4) is 0 Å². The summed E-state index contributed by atoms with van der Waals surface area (Å²) in [5.41, 5.74) is -0.935. The van der Waals surface area contributed by atoms with Crippen molar-refractivity contribution in [2.24, 2.45) is 0 Å². The van der Waals surface area contributed by atoms with Crippen LogP contribution in [0.4, 0.5) is 0 Å². The number of ether oxygens (including phenoxy) is 1. The van der Waals surface area contributed by atoms with E-state index in [1.165, 1.54) is 0 Å². The zero-order chi connectivity index (χ0) is 12.3. The maximum absolute atomic E-state index is 11.7. The van der Waals surface area contributed by atoms with E-state index in [4.69, 9.17) is 9.15 Å². The first-order chi connectivity index (χ1) is 8.13. The van der Waals surface area contributed by atoms with Crippen LogP contribution in [0, 0.1) is 0 Å². The van der Waals surface area contributed by atoms with Crippen LogP contribution in [-0.2, 0) is 11.2 Å². The fourth-order valence-corrected chi connectivity index (χ4v) is 1.76. The molecule has 5 heteroatoms. The second-order valence-corrected chi connectivity index (χ2v) is 4.33. The SMILES string of the molecule is CCc1ccc(C(=O)NCC2(O)CCOC2)o1. The molecule has 0 saturated carbocycles. The van der Waals surface area contributed by atoms with E-state index < -0.39 is 5.60 Å². The molecule has 0 aromatic carbocycles. The highest BCUT2D eigenvalue weighted by Gasteiger charge is 2.32. The first-order valence-corrected chi connectivity index (χ1v) is 5.80. The smallest absolute Gasteiger partial charge is 0.287 e. The maximum Gasteiger partial charge on any atom is 0.287 e. The molecule has 0 spiro atoms. The van der Waals surface area contributed by atoms with Crippen molar-refractivity contribution in [2.45, 2.75) is 25.4 Å². The van der Waals surface area contributed by atoms with Crippen LogP contribution in [0.25, 0.3) is 0 Å². The topological polar surface area (TPSA) is 71.7 Å². The van der Waals surface area contributed by atoms with Gasteiger partial charge in [0.25, 0.3) is 5.91 Å². The molecule has 1 unspecified atom stereocenters. The Morgan fingerprint density at radius 3 is 3.00 bits per heavy atom. The lowest BCUT2D eigenvalue weighted by atomic mass is 10.0. The lowest BCUT2D eigenvalue weighted by Gasteiger charge is -2.20. The predicted octanol–water partition coefficient (Wildman–Crippen LogP) is 0.723. The highest BCUT2D eigenvalue weighted by Crippen LogP contribution is 2.17. The number of hydrogen-bond donors (Lipinski definition) is 2. The number of aryl methyl sites for hydroxylation is 1. The molecule has 0 radical (unpaired) electrons. The molecular formula is C12H17NO4. The summed E-state index contributed by atoms with van der Waals surface area (Å²) in [5.74, 6) is 0.757. The van der Waals surface area contributed by atoms with E-state index >= 15 is 0 Å². The molecule has 5 nitrogen and oxygen atoms in total. The number of furan rings is 1. The summed E-state index contributed by atoms with van der Waals surface area (Å²) in [7, 11) is 0. The van der Waals surface area contributed by atoms with Crippen LogP contribution in [-0.4, -0.2) is 36.4 Å². The average Bonchev–Trinajstić information content (AvgIpc) is 2.95. The van der Waals surface area contributed by atoms with Crippen molar-refractivity contribution in [1.82, 2.24) is 5.32 Å². The van der Waals surface area contributed by atoms with Gasteiger partial charge in [-0.05, 0) is 12.1 Å². The van der Waals surface area contributed by atoms with Gasteiger partial charge in [0.05, 0.1) is 6.61 Å². The Labute approximate surface area is 99.8 Å². The monoisotopic (exact) mass is 239 g/mol. The van der Waals surface area contributed by atoms with Gasteiger partial charge in [0.2, 0.25) is 0 Å². The molecule has 1 aromatic rings. The standard InChI is InChI=1S/C12H17NO4/c1-2-9-3-4-10(17-9)11(14)13-7-12(15)5-6-16-8-12/h3-4,15H,2,5-8H2,1H3,(H,13,14). The van der Waals surface area contributed by atoms with Gasteiger partial charge in [0.15, 0.2) is 5.76 Å². The zero-order valence-corrected chi connectivity index (χ0v) is 9.86. The summed E-state index contributed by atoms with van der Waals surface area (Å²) < 4.78 is 10.4. The van der Waals surface area contributed by atoms with E-state index in [2.05, 4.69) is 5.32 Å².